The van der Waals surface area contributed by atoms with Crippen LogP contribution in [0.5, 0.6) is 5.75 Å². The van der Waals surface area contributed by atoms with Gasteiger partial charge in [-0.25, -0.2) is 0 Å². The lowest BCUT2D eigenvalue weighted by Gasteiger charge is -2.36. The van der Waals surface area contributed by atoms with Gasteiger partial charge in [-0.05, 0) is 54.4 Å². The van der Waals surface area contributed by atoms with Gasteiger partial charge in [0.1, 0.15) is 11.4 Å². The van der Waals surface area contributed by atoms with Crippen molar-refractivity contribution in [3.05, 3.63) is 53.7 Å². The van der Waals surface area contributed by atoms with Gasteiger partial charge >= 0.3 is 0 Å². The maximum absolute atomic E-state index is 12.9. The number of carbonyl (C=O) groups is 2. The third-order valence-electron chi connectivity index (χ3n) is 5.75. The average molecular weight is 390 g/mol. The molecule has 2 aliphatic rings. The number of phenolic OH excluding ortho intramolecular Hbond substituents is 1. The first kappa shape index (κ1) is 17.6. The fraction of sp³-hybridized carbons (Fsp3) is 0.273. The molecule has 1 fully saturated rings. The molecule has 3 heterocycles. The Kier molecular flexibility index (Phi) is 4.16. The van der Waals surface area contributed by atoms with Crippen molar-refractivity contribution in [2.75, 3.05) is 36.4 Å². The predicted octanol–water partition coefficient (Wildman–Crippen LogP) is 2.72. The number of rotatable bonds is 2. The number of benzene rings is 2. The van der Waals surface area contributed by atoms with Crippen LogP contribution in [-0.4, -0.2) is 53.0 Å². The summed E-state index contributed by atoms with van der Waals surface area (Å²) in [6, 6.07) is 13.0. The molecule has 29 heavy (non-hydrogen) atoms. The van der Waals surface area contributed by atoms with Gasteiger partial charge in [0.15, 0.2) is 0 Å². The van der Waals surface area contributed by atoms with E-state index in [1.54, 1.807) is 24.3 Å². The first-order valence-electron chi connectivity index (χ1n) is 9.85. The van der Waals surface area contributed by atoms with Crippen LogP contribution in [0.25, 0.3) is 10.9 Å². The van der Waals surface area contributed by atoms with E-state index in [1.165, 1.54) is 5.56 Å². The van der Waals surface area contributed by atoms with Crippen molar-refractivity contribution in [1.29, 1.82) is 0 Å². The molecule has 148 valence electrons. The minimum absolute atomic E-state index is 0.0199. The number of phenols is 1. The summed E-state index contributed by atoms with van der Waals surface area (Å²) < 4.78 is 0. The number of fused-ring (bicyclic) bond motifs is 2. The first-order chi connectivity index (χ1) is 14.1. The Morgan fingerprint density at radius 3 is 2.62 bits per heavy atom. The molecule has 3 aromatic rings. The van der Waals surface area contributed by atoms with Crippen molar-refractivity contribution >= 4 is 34.1 Å². The largest absolute Gasteiger partial charge is 0.508 e. The Morgan fingerprint density at radius 2 is 1.79 bits per heavy atom. The smallest absolute Gasteiger partial charge is 0.270 e. The lowest BCUT2D eigenvalue weighted by molar-refractivity contribution is -0.116. The van der Waals surface area contributed by atoms with Crippen LogP contribution in [0.2, 0.25) is 0 Å². The average Bonchev–Trinajstić information content (AvgIpc) is 3.16. The number of nitrogens with one attached hydrogen (secondary N) is 2. The molecule has 5 rings (SSSR count). The number of H-pyrrole nitrogens is 1. The molecular weight excluding hydrogens is 368 g/mol. The highest BCUT2D eigenvalue weighted by Gasteiger charge is 2.24. The molecule has 2 aromatic carbocycles. The number of anilines is 2. The summed E-state index contributed by atoms with van der Waals surface area (Å²) >= 11 is 0. The summed E-state index contributed by atoms with van der Waals surface area (Å²) in [6.45, 7) is 2.82. The van der Waals surface area contributed by atoms with Gasteiger partial charge in [-0.3, -0.25) is 9.59 Å². The molecule has 3 N–H and O–H groups in total. The van der Waals surface area contributed by atoms with Gasteiger partial charge in [0.05, 0.1) is 0 Å². The normalized spacial score (nSPS) is 16.6. The number of piperazine rings is 1. The highest BCUT2D eigenvalue weighted by molar-refractivity contribution is 5.98. The highest BCUT2D eigenvalue weighted by Crippen LogP contribution is 2.28. The van der Waals surface area contributed by atoms with Crippen LogP contribution >= 0.6 is 0 Å². The topological polar surface area (TPSA) is 88.7 Å². The number of aromatic hydroxyl groups is 1. The van der Waals surface area contributed by atoms with Crippen LogP contribution in [0.15, 0.2) is 42.5 Å². The molecule has 0 radical (unpaired) electrons. The molecule has 0 aliphatic carbocycles. The number of nitrogens with zero attached hydrogens (tertiary/aromatic N) is 2. The number of aryl methyl sites for hydroxylation is 1. The maximum Gasteiger partial charge on any atom is 0.270 e. The van der Waals surface area contributed by atoms with E-state index in [0.29, 0.717) is 25.2 Å². The molecule has 0 bridgehead atoms. The first-order valence-corrected chi connectivity index (χ1v) is 9.85. The standard InChI is InChI=1S/C22H22N4O3/c27-17-3-5-19-15(12-17)13-20(23-19)22(29)26-9-7-25(8-10-26)16-2-4-18-14(11-16)1-6-21(28)24-18/h2-5,11-13,23,27H,1,6-10H2,(H,24,28). The van der Waals surface area contributed by atoms with Crippen LogP contribution < -0.4 is 10.2 Å². The summed E-state index contributed by atoms with van der Waals surface area (Å²) in [6.07, 6.45) is 1.30. The van der Waals surface area contributed by atoms with Crippen LogP contribution in [0, 0.1) is 0 Å². The molecule has 2 amide bonds. The number of aromatic nitrogens is 1. The summed E-state index contributed by atoms with van der Waals surface area (Å²) in [4.78, 5) is 31.7. The summed E-state index contributed by atoms with van der Waals surface area (Å²) in [7, 11) is 0. The van der Waals surface area contributed by atoms with E-state index >= 15 is 0 Å². The summed E-state index contributed by atoms with van der Waals surface area (Å²) in [5.41, 5.74) is 4.59. The van der Waals surface area contributed by atoms with E-state index in [9.17, 15) is 14.7 Å². The molecule has 1 saturated heterocycles. The number of hydrogen-bond donors (Lipinski definition) is 3. The number of amides is 2. The van der Waals surface area contributed by atoms with E-state index in [2.05, 4.69) is 21.3 Å². The van der Waals surface area contributed by atoms with Gasteiger partial charge in [0.2, 0.25) is 5.91 Å². The van der Waals surface area contributed by atoms with Crippen molar-refractivity contribution in [2.45, 2.75) is 12.8 Å². The van der Waals surface area contributed by atoms with E-state index in [-0.39, 0.29) is 17.6 Å². The van der Waals surface area contributed by atoms with Crippen molar-refractivity contribution in [3.8, 4) is 5.75 Å². The molecule has 7 nitrogen and oxygen atoms in total. The van der Waals surface area contributed by atoms with Crippen LogP contribution in [0.3, 0.4) is 0 Å². The number of hydrogen-bond acceptors (Lipinski definition) is 4. The Bertz CT molecular complexity index is 1110. The SMILES string of the molecule is O=C1CCc2cc(N3CCN(C(=O)c4cc5cc(O)ccc5[nH]4)CC3)ccc2N1. The molecule has 0 unspecified atom stereocenters. The molecule has 2 aliphatic heterocycles. The van der Waals surface area contributed by atoms with Crippen molar-refractivity contribution in [1.82, 2.24) is 9.88 Å². The van der Waals surface area contributed by atoms with Gasteiger partial charge in [-0.15, -0.1) is 0 Å². The molecular formula is C22H22N4O3. The highest BCUT2D eigenvalue weighted by atomic mass is 16.3. The fourth-order valence-electron chi connectivity index (χ4n) is 4.14. The second kappa shape index (κ2) is 6.84. The second-order valence-electron chi connectivity index (χ2n) is 7.62. The summed E-state index contributed by atoms with van der Waals surface area (Å²) in [5.74, 6) is 0.242. The maximum atomic E-state index is 12.9. The molecule has 0 atom stereocenters. The Labute approximate surface area is 167 Å². The zero-order chi connectivity index (χ0) is 20.0. The van der Waals surface area contributed by atoms with E-state index in [4.69, 9.17) is 0 Å². The quantitative estimate of drug-likeness (QED) is 0.628. The molecule has 0 saturated carbocycles. The van der Waals surface area contributed by atoms with Gasteiger partial charge in [0, 0.05) is 54.9 Å². The molecule has 0 spiro atoms. The van der Waals surface area contributed by atoms with E-state index in [0.717, 1.165) is 41.8 Å². The van der Waals surface area contributed by atoms with Crippen LogP contribution in [0.1, 0.15) is 22.5 Å². The van der Waals surface area contributed by atoms with Crippen molar-refractivity contribution < 1.29 is 14.7 Å². The zero-order valence-electron chi connectivity index (χ0n) is 15.9. The third-order valence-corrected chi connectivity index (χ3v) is 5.75. The van der Waals surface area contributed by atoms with Gasteiger partial charge in [-0.2, -0.15) is 0 Å². The Balaban J connectivity index is 1.27. The van der Waals surface area contributed by atoms with Crippen LogP contribution in [-0.2, 0) is 11.2 Å². The number of aromatic amines is 1. The van der Waals surface area contributed by atoms with Crippen LogP contribution in [0.4, 0.5) is 11.4 Å². The van der Waals surface area contributed by atoms with Crippen molar-refractivity contribution in [3.63, 3.8) is 0 Å². The van der Waals surface area contributed by atoms with E-state index in [1.807, 2.05) is 17.0 Å². The third kappa shape index (κ3) is 3.29. The lowest BCUT2D eigenvalue weighted by Crippen LogP contribution is -2.48. The van der Waals surface area contributed by atoms with Crippen molar-refractivity contribution in [2.24, 2.45) is 0 Å². The molecule has 7 heteroatoms. The minimum Gasteiger partial charge on any atom is -0.508 e. The minimum atomic E-state index is -0.0199. The summed E-state index contributed by atoms with van der Waals surface area (Å²) in [5, 5.41) is 13.4. The van der Waals surface area contributed by atoms with Gasteiger partial charge < -0.3 is 25.2 Å². The second-order valence-corrected chi connectivity index (χ2v) is 7.62. The Hall–Kier alpha value is -3.48. The number of carbonyl (C=O) groups excluding carboxylic acids is 2. The molecule has 1 aromatic heterocycles. The monoisotopic (exact) mass is 390 g/mol. The lowest BCUT2D eigenvalue weighted by atomic mass is 10.0. The van der Waals surface area contributed by atoms with E-state index < -0.39 is 0 Å². The van der Waals surface area contributed by atoms with Gasteiger partial charge in [-0.1, -0.05) is 0 Å². The zero-order valence-corrected chi connectivity index (χ0v) is 15.9. The van der Waals surface area contributed by atoms with Gasteiger partial charge in [0.25, 0.3) is 5.91 Å². The predicted molar refractivity (Wildman–Crippen MR) is 111 cm³/mol. The fourth-order valence-corrected chi connectivity index (χ4v) is 4.14. The Morgan fingerprint density at radius 1 is 0.966 bits per heavy atom.